The number of hydrogen-bond donors (Lipinski definition) is 1. The maximum absolute atomic E-state index is 12.5. The van der Waals surface area contributed by atoms with Gasteiger partial charge in [-0.3, -0.25) is 9.48 Å². The van der Waals surface area contributed by atoms with Gasteiger partial charge >= 0.3 is 0 Å². The summed E-state index contributed by atoms with van der Waals surface area (Å²) in [6.07, 6.45) is 0.436. The first-order chi connectivity index (χ1) is 8.75. The van der Waals surface area contributed by atoms with Crippen molar-refractivity contribution in [3.05, 3.63) is 10.8 Å². The molecule has 1 amide bonds. The standard InChI is InChI=1S/C10H15ClN4O3S/c1-6-8(9(11)14(2)13-6)19(17,18)15-4-3-7(5-15)10(12)16/h7H,3-5H2,1-2H3,(H2,12,16). The van der Waals surface area contributed by atoms with Crippen molar-refractivity contribution in [2.45, 2.75) is 18.2 Å². The van der Waals surface area contributed by atoms with Crippen molar-refractivity contribution >= 4 is 27.5 Å². The molecule has 2 N–H and O–H groups in total. The number of carbonyl (C=O) groups is 1. The fraction of sp³-hybridized carbons (Fsp3) is 0.600. The van der Waals surface area contributed by atoms with E-state index in [1.165, 1.54) is 8.99 Å². The fourth-order valence-corrected chi connectivity index (χ4v) is 4.42. The van der Waals surface area contributed by atoms with Crippen LogP contribution in [0, 0.1) is 12.8 Å². The van der Waals surface area contributed by atoms with E-state index < -0.39 is 21.8 Å². The van der Waals surface area contributed by atoms with Crippen LogP contribution in [0.3, 0.4) is 0 Å². The molecule has 1 atom stereocenters. The summed E-state index contributed by atoms with van der Waals surface area (Å²) < 4.78 is 27.5. The fourth-order valence-electron chi connectivity index (χ4n) is 2.21. The molecule has 1 aromatic heterocycles. The van der Waals surface area contributed by atoms with E-state index in [-0.39, 0.29) is 23.1 Å². The quantitative estimate of drug-likeness (QED) is 0.841. The average Bonchev–Trinajstić information content (AvgIpc) is 2.85. The van der Waals surface area contributed by atoms with Crippen molar-refractivity contribution in [3.8, 4) is 0 Å². The molecule has 0 aliphatic carbocycles. The Morgan fingerprint density at radius 2 is 2.16 bits per heavy atom. The van der Waals surface area contributed by atoms with Gasteiger partial charge in [-0.05, 0) is 13.3 Å². The Kier molecular flexibility index (Phi) is 3.59. The highest BCUT2D eigenvalue weighted by atomic mass is 35.5. The topological polar surface area (TPSA) is 98.3 Å². The summed E-state index contributed by atoms with van der Waals surface area (Å²) in [7, 11) is -2.16. The zero-order chi connectivity index (χ0) is 14.4. The zero-order valence-electron chi connectivity index (χ0n) is 10.6. The number of primary amides is 1. The van der Waals surface area contributed by atoms with Crippen LogP contribution in [0.2, 0.25) is 5.15 Å². The Hall–Kier alpha value is -1.12. The zero-order valence-corrected chi connectivity index (χ0v) is 12.2. The molecule has 1 aliphatic heterocycles. The van der Waals surface area contributed by atoms with E-state index in [2.05, 4.69) is 5.10 Å². The molecule has 0 spiro atoms. The lowest BCUT2D eigenvalue weighted by Gasteiger charge is -2.15. The molecular weight excluding hydrogens is 292 g/mol. The number of nitrogens with two attached hydrogens (primary N) is 1. The summed E-state index contributed by atoms with van der Waals surface area (Å²) in [4.78, 5) is 11.1. The molecule has 1 aromatic rings. The smallest absolute Gasteiger partial charge is 0.248 e. The van der Waals surface area contributed by atoms with Gasteiger partial charge in [-0.2, -0.15) is 9.40 Å². The van der Waals surface area contributed by atoms with Gasteiger partial charge in [-0.1, -0.05) is 11.6 Å². The highest BCUT2D eigenvalue weighted by Crippen LogP contribution is 2.30. The highest BCUT2D eigenvalue weighted by Gasteiger charge is 2.38. The summed E-state index contributed by atoms with van der Waals surface area (Å²) in [5, 5.41) is 4.06. The van der Waals surface area contributed by atoms with Crippen LogP contribution in [-0.2, 0) is 21.9 Å². The second kappa shape index (κ2) is 4.77. The van der Waals surface area contributed by atoms with E-state index in [1.807, 2.05) is 0 Å². The molecule has 1 aliphatic rings. The van der Waals surface area contributed by atoms with Crippen LogP contribution < -0.4 is 5.73 Å². The second-order valence-corrected chi connectivity index (χ2v) is 6.81. The molecular formula is C10H15ClN4O3S. The minimum Gasteiger partial charge on any atom is -0.369 e. The number of nitrogens with zero attached hydrogens (tertiary/aromatic N) is 3. The molecule has 0 radical (unpaired) electrons. The molecule has 0 bridgehead atoms. The highest BCUT2D eigenvalue weighted by molar-refractivity contribution is 7.89. The molecule has 1 unspecified atom stereocenters. The van der Waals surface area contributed by atoms with Crippen LogP contribution in [0.25, 0.3) is 0 Å². The number of aryl methyl sites for hydroxylation is 2. The normalized spacial score (nSPS) is 20.9. The molecule has 2 rings (SSSR count). The van der Waals surface area contributed by atoms with Crippen LogP contribution >= 0.6 is 11.6 Å². The van der Waals surface area contributed by atoms with Gasteiger partial charge in [-0.15, -0.1) is 0 Å². The molecule has 1 fully saturated rings. The Balaban J connectivity index is 2.37. The summed E-state index contributed by atoms with van der Waals surface area (Å²) in [6, 6.07) is 0. The first-order valence-corrected chi connectivity index (χ1v) is 7.55. The van der Waals surface area contributed by atoms with Gasteiger partial charge < -0.3 is 5.73 Å². The molecule has 9 heteroatoms. The van der Waals surface area contributed by atoms with Gasteiger partial charge in [0.25, 0.3) is 0 Å². The van der Waals surface area contributed by atoms with Crippen molar-refractivity contribution in [2.24, 2.45) is 18.7 Å². The molecule has 2 heterocycles. The first kappa shape index (κ1) is 14.3. The Morgan fingerprint density at radius 1 is 1.53 bits per heavy atom. The van der Waals surface area contributed by atoms with Crippen molar-refractivity contribution in [2.75, 3.05) is 13.1 Å². The molecule has 106 valence electrons. The number of rotatable bonds is 3. The summed E-state index contributed by atoms with van der Waals surface area (Å²) in [5.41, 5.74) is 5.55. The molecule has 0 aromatic carbocycles. The maximum atomic E-state index is 12.5. The van der Waals surface area contributed by atoms with Crippen LogP contribution in [0.15, 0.2) is 4.90 Å². The van der Waals surface area contributed by atoms with E-state index in [9.17, 15) is 13.2 Å². The number of aromatic nitrogens is 2. The SMILES string of the molecule is Cc1nn(C)c(Cl)c1S(=O)(=O)N1CCC(C(N)=O)C1. The largest absolute Gasteiger partial charge is 0.369 e. The van der Waals surface area contributed by atoms with E-state index in [0.717, 1.165) is 0 Å². The third-order valence-electron chi connectivity index (χ3n) is 3.25. The van der Waals surface area contributed by atoms with Gasteiger partial charge in [0.1, 0.15) is 10.0 Å². The van der Waals surface area contributed by atoms with Crippen molar-refractivity contribution in [1.82, 2.24) is 14.1 Å². The minimum atomic E-state index is -3.74. The number of amides is 1. The van der Waals surface area contributed by atoms with Gasteiger partial charge in [0.15, 0.2) is 0 Å². The summed E-state index contributed by atoms with van der Waals surface area (Å²) in [6.45, 7) is 1.95. The molecule has 0 saturated carbocycles. The van der Waals surface area contributed by atoms with Crippen molar-refractivity contribution in [3.63, 3.8) is 0 Å². The Bertz CT molecular complexity index is 625. The maximum Gasteiger partial charge on any atom is 0.248 e. The number of halogens is 1. The van der Waals surface area contributed by atoms with Crippen LogP contribution in [0.4, 0.5) is 0 Å². The Morgan fingerprint density at radius 3 is 2.58 bits per heavy atom. The molecule has 19 heavy (non-hydrogen) atoms. The lowest BCUT2D eigenvalue weighted by molar-refractivity contribution is -0.121. The van der Waals surface area contributed by atoms with E-state index in [4.69, 9.17) is 17.3 Å². The van der Waals surface area contributed by atoms with E-state index >= 15 is 0 Å². The molecule has 1 saturated heterocycles. The Labute approximate surface area is 116 Å². The number of hydrogen-bond acceptors (Lipinski definition) is 4. The second-order valence-electron chi connectivity index (χ2n) is 4.58. The van der Waals surface area contributed by atoms with Gasteiger partial charge in [0.05, 0.1) is 11.6 Å². The van der Waals surface area contributed by atoms with Crippen molar-refractivity contribution in [1.29, 1.82) is 0 Å². The van der Waals surface area contributed by atoms with Gasteiger partial charge in [0, 0.05) is 20.1 Å². The predicted octanol–water partition coefficient (Wildman–Crippen LogP) is -0.122. The number of carbonyl (C=O) groups excluding carboxylic acids is 1. The van der Waals surface area contributed by atoms with Crippen LogP contribution in [-0.4, -0.2) is 41.5 Å². The molecule has 7 nitrogen and oxygen atoms in total. The third-order valence-corrected chi connectivity index (χ3v) is 5.81. The van der Waals surface area contributed by atoms with E-state index in [0.29, 0.717) is 12.1 Å². The minimum absolute atomic E-state index is 0.00165. The van der Waals surface area contributed by atoms with Crippen LogP contribution in [0.1, 0.15) is 12.1 Å². The average molecular weight is 307 g/mol. The number of sulfonamides is 1. The third kappa shape index (κ3) is 2.35. The summed E-state index contributed by atoms with van der Waals surface area (Å²) >= 11 is 5.98. The van der Waals surface area contributed by atoms with E-state index in [1.54, 1.807) is 14.0 Å². The monoisotopic (exact) mass is 306 g/mol. The van der Waals surface area contributed by atoms with Gasteiger partial charge in [-0.25, -0.2) is 8.42 Å². The lowest BCUT2D eigenvalue weighted by Crippen LogP contribution is -2.32. The van der Waals surface area contributed by atoms with Crippen molar-refractivity contribution < 1.29 is 13.2 Å². The lowest BCUT2D eigenvalue weighted by atomic mass is 10.1. The predicted molar refractivity (Wildman–Crippen MR) is 69.0 cm³/mol. The first-order valence-electron chi connectivity index (χ1n) is 5.73. The van der Waals surface area contributed by atoms with Gasteiger partial charge in [0.2, 0.25) is 15.9 Å². The summed E-state index contributed by atoms with van der Waals surface area (Å²) in [5.74, 6) is -0.919. The van der Waals surface area contributed by atoms with Crippen LogP contribution in [0.5, 0.6) is 0 Å².